The standard InChI is InChI=1S/C9H9NO4/c1-5-3-4-7(6(2)11)9(12)8(5)10(13)14/h3-4,12H,1-2H3. The lowest BCUT2D eigenvalue weighted by Crippen LogP contribution is -1.98. The fourth-order valence-electron chi connectivity index (χ4n) is 1.20. The molecule has 0 spiro atoms. The first-order chi connectivity index (χ1) is 6.45. The van der Waals surface area contributed by atoms with Gasteiger partial charge in [0.15, 0.2) is 5.78 Å². The minimum Gasteiger partial charge on any atom is -0.502 e. The number of aromatic hydroxyl groups is 1. The number of nitro benzene ring substituents is 1. The lowest BCUT2D eigenvalue weighted by Gasteiger charge is -2.03. The van der Waals surface area contributed by atoms with Gasteiger partial charge < -0.3 is 5.11 Å². The number of nitro groups is 1. The van der Waals surface area contributed by atoms with Crippen molar-refractivity contribution in [2.24, 2.45) is 0 Å². The van der Waals surface area contributed by atoms with Crippen LogP contribution in [0.1, 0.15) is 22.8 Å². The Balaban J connectivity index is 3.49. The highest BCUT2D eigenvalue weighted by Crippen LogP contribution is 2.32. The van der Waals surface area contributed by atoms with Crippen LogP contribution in [0.5, 0.6) is 5.75 Å². The number of Topliss-reactive ketones (excluding diaryl/α,β-unsaturated/α-hetero) is 1. The van der Waals surface area contributed by atoms with E-state index in [9.17, 15) is 20.0 Å². The van der Waals surface area contributed by atoms with Gasteiger partial charge in [-0.05, 0) is 19.9 Å². The molecular weight excluding hydrogens is 186 g/mol. The molecule has 0 atom stereocenters. The second-order valence-corrected chi connectivity index (χ2v) is 2.94. The first-order valence-electron chi connectivity index (χ1n) is 3.93. The molecule has 0 fully saturated rings. The summed E-state index contributed by atoms with van der Waals surface area (Å²) in [5.41, 5.74) is -0.0995. The Morgan fingerprint density at radius 3 is 2.50 bits per heavy atom. The first kappa shape index (κ1) is 10.2. The normalized spacial score (nSPS) is 9.86. The predicted octanol–water partition coefficient (Wildman–Crippen LogP) is 1.81. The van der Waals surface area contributed by atoms with E-state index < -0.39 is 22.1 Å². The number of aryl methyl sites for hydroxylation is 1. The van der Waals surface area contributed by atoms with E-state index in [4.69, 9.17) is 0 Å². The fraction of sp³-hybridized carbons (Fsp3) is 0.222. The molecule has 0 radical (unpaired) electrons. The molecule has 0 aliphatic rings. The number of hydrogen-bond donors (Lipinski definition) is 1. The van der Waals surface area contributed by atoms with Gasteiger partial charge in [-0.3, -0.25) is 14.9 Å². The summed E-state index contributed by atoms with van der Waals surface area (Å²) in [4.78, 5) is 20.8. The Morgan fingerprint density at radius 2 is 2.07 bits per heavy atom. The van der Waals surface area contributed by atoms with E-state index >= 15 is 0 Å². The van der Waals surface area contributed by atoms with Gasteiger partial charge in [-0.25, -0.2) is 0 Å². The summed E-state index contributed by atoms with van der Waals surface area (Å²) in [6.07, 6.45) is 0. The molecule has 5 heteroatoms. The maximum atomic E-state index is 11.0. The number of hydrogen-bond acceptors (Lipinski definition) is 4. The predicted molar refractivity (Wildman–Crippen MR) is 49.5 cm³/mol. The molecule has 0 saturated heterocycles. The van der Waals surface area contributed by atoms with E-state index in [-0.39, 0.29) is 5.56 Å². The van der Waals surface area contributed by atoms with Crippen LogP contribution in [-0.2, 0) is 0 Å². The van der Waals surface area contributed by atoms with Crippen LogP contribution < -0.4 is 0 Å². The number of rotatable bonds is 2. The number of phenols is 1. The third-order valence-electron chi connectivity index (χ3n) is 1.91. The molecule has 1 N–H and O–H groups in total. The number of nitrogens with zero attached hydrogens (tertiary/aromatic N) is 1. The second-order valence-electron chi connectivity index (χ2n) is 2.94. The molecule has 0 aliphatic carbocycles. The smallest absolute Gasteiger partial charge is 0.314 e. The van der Waals surface area contributed by atoms with Gasteiger partial charge in [0.25, 0.3) is 0 Å². The summed E-state index contributed by atoms with van der Waals surface area (Å²) in [6.45, 7) is 2.75. The second kappa shape index (κ2) is 3.45. The highest BCUT2D eigenvalue weighted by atomic mass is 16.6. The van der Waals surface area contributed by atoms with E-state index in [0.717, 1.165) is 0 Å². The third-order valence-corrected chi connectivity index (χ3v) is 1.91. The van der Waals surface area contributed by atoms with Gasteiger partial charge in [0.2, 0.25) is 5.75 Å². The molecule has 0 bridgehead atoms. The molecule has 5 nitrogen and oxygen atoms in total. The summed E-state index contributed by atoms with van der Waals surface area (Å²) in [5.74, 6) is -0.951. The van der Waals surface area contributed by atoms with Gasteiger partial charge in [-0.1, -0.05) is 6.07 Å². The van der Waals surface area contributed by atoms with E-state index in [1.54, 1.807) is 0 Å². The van der Waals surface area contributed by atoms with Crippen molar-refractivity contribution in [1.29, 1.82) is 0 Å². The van der Waals surface area contributed by atoms with E-state index in [1.165, 1.54) is 26.0 Å². The van der Waals surface area contributed by atoms with Crippen LogP contribution in [0.15, 0.2) is 12.1 Å². The Bertz CT molecular complexity index is 412. The number of carbonyl (C=O) groups is 1. The molecule has 0 unspecified atom stereocenters. The number of phenolic OH excluding ortho intramolecular Hbond substituents is 1. The van der Waals surface area contributed by atoms with Gasteiger partial charge in [0, 0.05) is 5.56 Å². The maximum Gasteiger partial charge on any atom is 0.314 e. The zero-order valence-electron chi connectivity index (χ0n) is 7.77. The van der Waals surface area contributed by atoms with Gasteiger partial charge in [-0.15, -0.1) is 0 Å². The maximum absolute atomic E-state index is 11.0. The van der Waals surface area contributed by atoms with Crippen LogP contribution in [0.3, 0.4) is 0 Å². The zero-order valence-corrected chi connectivity index (χ0v) is 7.77. The quantitative estimate of drug-likeness (QED) is 0.443. The molecule has 74 valence electrons. The van der Waals surface area contributed by atoms with Crippen LogP contribution in [0.2, 0.25) is 0 Å². The first-order valence-corrected chi connectivity index (χ1v) is 3.93. The molecule has 0 aromatic heterocycles. The van der Waals surface area contributed by atoms with Crippen LogP contribution in [0.4, 0.5) is 5.69 Å². The number of benzene rings is 1. The zero-order chi connectivity index (χ0) is 10.9. The Kier molecular flexibility index (Phi) is 2.51. The van der Waals surface area contributed by atoms with Crippen molar-refractivity contribution in [1.82, 2.24) is 0 Å². The molecule has 14 heavy (non-hydrogen) atoms. The molecule has 1 aromatic rings. The van der Waals surface area contributed by atoms with Crippen LogP contribution in [-0.4, -0.2) is 15.8 Å². The molecule has 1 aromatic carbocycles. The minimum absolute atomic E-state index is 0.0256. The van der Waals surface area contributed by atoms with Crippen LogP contribution in [0.25, 0.3) is 0 Å². The summed E-state index contributed by atoms with van der Waals surface area (Å²) in [7, 11) is 0. The van der Waals surface area contributed by atoms with E-state index in [0.29, 0.717) is 5.56 Å². The summed E-state index contributed by atoms with van der Waals surface area (Å²) in [6, 6.07) is 2.81. The van der Waals surface area contributed by atoms with Crippen molar-refractivity contribution < 1.29 is 14.8 Å². The van der Waals surface area contributed by atoms with Gasteiger partial charge in [0.05, 0.1) is 10.5 Å². The van der Waals surface area contributed by atoms with Gasteiger partial charge >= 0.3 is 5.69 Å². The molecule has 0 heterocycles. The SMILES string of the molecule is CC(=O)c1ccc(C)c([N+](=O)[O-])c1O. The van der Waals surface area contributed by atoms with Crippen molar-refractivity contribution in [2.45, 2.75) is 13.8 Å². The fourth-order valence-corrected chi connectivity index (χ4v) is 1.20. The summed E-state index contributed by atoms with van der Waals surface area (Å²) < 4.78 is 0. The largest absolute Gasteiger partial charge is 0.502 e. The minimum atomic E-state index is -0.697. The van der Waals surface area contributed by atoms with Gasteiger partial charge in [-0.2, -0.15) is 0 Å². The van der Waals surface area contributed by atoms with E-state index in [1.807, 2.05) is 0 Å². The Hall–Kier alpha value is -1.91. The Labute approximate surface area is 80.1 Å². The monoisotopic (exact) mass is 195 g/mol. The molecule has 1 rings (SSSR count). The van der Waals surface area contributed by atoms with Crippen molar-refractivity contribution in [3.05, 3.63) is 33.4 Å². The molecular formula is C9H9NO4. The van der Waals surface area contributed by atoms with Crippen LogP contribution >= 0.6 is 0 Å². The summed E-state index contributed by atoms with van der Waals surface area (Å²) in [5, 5.41) is 20.0. The molecule has 0 saturated carbocycles. The lowest BCUT2D eigenvalue weighted by atomic mass is 10.1. The topological polar surface area (TPSA) is 80.4 Å². The van der Waals surface area contributed by atoms with Crippen molar-refractivity contribution in [2.75, 3.05) is 0 Å². The average molecular weight is 195 g/mol. The highest BCUT2D eigenvalue weighted by Gasteiger charge is 2.21. The summed E-state index contributed by atoms with van der Waals surface area (Å²) >= 11 is 0. The molecule has 0 aliphatic heterocycles. The van der Waals surface area contributed by atoms with Crippen molar-refractivity contribution >= 4 is 11.5 Å². The average Bonchev–Trinajstić information content (AvgIpc) is 2.02. The highest BCUT2D eigenvalue weighted by molar-refractivity contribution is 5.98. The Morgan fingerprint density at radius 1 is 1.50 bits per heavy atom. The van der Waals surface area contributed by atoms with Gasteiger partial charge in [0.1, 0.15) is 0 Å². The molecule has 0 amide bonds. The van der Waals surface area contributed by atoms with Crippen molar-refractivity contribution in [3.63, 3.8) is 0 Å². The van der Waals surface area contributed by atoms with E-state index in [2.05, 4.69) is 0 Å². The third kappa shape index (κ3) is 1.56. The lowest BCUT2D eigenvalue weighted by molar-refractivity contribution is -0.386. The van der Waals surface area contributed by atoms with Crippen molar-refractivity contribution in [3.8, 4) is 5.75 Å². The van der Waals surface area contributed by atoms with Crippen LogP contribution in [0, 0.1) is 17.0 Å². The number of ketones is 1. The number of carbonyl (C=O) groups excluding carboxylic acids is 1.